The molecule has 0 saturated carbocycles. The zero-order valence-electron chi connectivity index (χ0n) is 13.6. The van der Waals surface area contributed by atoms with Gasteiger partial charge in [-0.2, -0.15) is 0 Å². The Morgan fingerprint density at radius 2 is 2.05 bits per heavy atom. The van der Waals surface area contributed by atoms with Crippen molar-refractivity contribution < 1.29 is 9.53 Å². The van der Waals surface area contributed by atoms with Crippen molar-refractivity contribution in [3.63, 3.8) is 0 Å². The molecule has 122 valence electrons. The summed E-state index contributed by atoms with van der Waals surface area (Å²) in [4.78, 5) is 17.8. The van der Waals surface area contributed by atoms with Gasteiger partial charge in [0.25, 0.3) is 5.91 Å². The van der Waals surface area contributed by atoms with Gasteiger partial charge in [0, 0.05) is 19.6 Å². The maximum Gasteiger partial charge on any atom is 0.257 e. The fraction of sp³-hybridized carbons (Fsp3) is 0.500. The zero-order chi connectivity index (χ0) is 16.4. The number of nitrogens with zero attached hydrogens (tertiary/aromatic N) is 2. The van der Waals surface area contributed by atoms with Gasteiger partial charge in [-0.25, -0.2) is 4.99 Å². The van der Waals surface area contributed by atoms with Crippen LogP contribution in [0.5, 0.6) is 5.75 Å². The molecule has 22 heavy (non-hydrogen) atoms. The second-order valence-corrected chi connectivity index (χ2v) is 4.74. The number of aliphatic imine (C=N–C) groups is 1. The second kappa shape index (κ2) is 9.65. The standard InChI is InChI=1S/C16H26N4O2/c1-4-18-15(21)12-22-14-9-7-8-13(10-14)11-19-16(17)20(5-2)6-3/h7-10H,4-6,11-12H2,1-3H3,(H2,17,19)(H,18,21). The van der Waals surface area contributed by atoms with Gasteiger partial charge in [-0.1, -0.05) is 12.1 Å². The first-order chi connectivity index (χ1) is 10.6. The van der Waals surface area contributed by atoms with E-state index in [0.717, 1.165) is 18.7 Å². The van der Waals surface area contributed by atoms with Crippen LogP contribution < -0.4 is 15.8 Å². The SMILES string of the molecule is CCNC(=O)COc1cccc(CN=C(N)N(CC)CC)c1. The van der Waals surface area contributed by atoms with Gasteiger partial charge in [0.15, 0.2) is 12.6 Å². The average Bonchev–Trinajstić information content (AvgIpc) is 2.53. The molecule has 0 saturated heterocycles. The minimum atomic E-state index is -0.128. The van der Waals surface area contributed by atoms with Gasteiger partial charge < -0.3 is 20.7 Å². The maximum absolute atomic E-state index is 11.4. The molecule has 0 atom stereocenters. The minimum absolute atomic E-state index is 0.0160. The smallest absolute Gasteiger partial charge is 0.257 e. The Labute approximate surface area is 132 Å². The van der Waals surface area contributed by atoms with Crippen LogP contribution in [-0.2, 0) is 11.3 Å². The number of hydrogen-bond acceptors (Lipinski definition) is 3. The summed E-state index contributed by atoms with van der Waals surface area (Å²) in [5.74, 6) is 1.07. The molecular weight excluding hydrogens is 280 g/mol. The highest BCUT2D eigenvalue weighted by Crippen LogP contribution is 2.14. The number of carbonyl (C=O) groups is 1. The van der Waals surface area contributed by atoms with E-state index in [1.54, 1.807) is 0 Å². The number of likely N-dealkylation sites (N-methyl/N-ethyl adjacent to an activating group) is 1. The molecule has 0 aliphatic heterocycles. The molecular formula is C16H26N4O2. The lowest BCUT2D eigenvalue weighted by molar-refractivity contribution is -0.122. The molecule has 6 nitrogen and oxygen atoms in total. The van der Waals surface area contributed by atoms with E-state index >= 15 is 0 Å². The summed E-state index contributed by atoms with van der Waals surface area (Å²) in [6, 6.07) is 7.53. The van der Waals surface area contributed by atoms with Gasteiger partial charge in [0.2, 0.25) is 0 Å². The minimum Gasteiger partial charge on any atom is -0.484 e. The number of ether oxygens (including phenoxy) is 1. The number of hydrogen-bond donors (Lipinski definition) is 2. The van der Waals surface area contributed by atoms with Crippen LogP contribution in [0, 0.1) is 0 Å². The largest absolute Gasteiger partial charge is 0.484 e. The van der Waals surface area contributed by atoms with E-state index in [1.165, 1.54) is 0 Å². The molecule has 0 aliphatic rings. The number of nitrogens with two attached hydrogens (primary N) is 1. The molecule has 0 fully saturated rings. The Bertz CT molecular complexity index is 499. The third-order valence-electron chi connectivity index (χ3n) is 3.15. The first kappa shape index (κ1) is 17.8. The molecule has 0 aliphatic carbocycles. The second-order valence-electron chi connectivity index (χ2n) is 4.74. The maximum atomic E-state index is 11.4. The number of benzene rings is 1. The third kappa shape index (κ3) is 6.03. The molecule has 6 heteroatoms. The van der Waals surface area contributed by atoms with E-state index in [4.69, 9.17) is 10.5 Å². The number of guanidine groups is 1. The van der Waals surface area contributed by atoms with Gasteiger partial charge in [-0.15, -0.1) is 0 Å². The van der Waals surface area contributed by atoms with Crippen LogP contribution in [0.4, 0.5) is 0 Å². The lowest BCUT2D eigenvalue weighted by atomic mass is 10.2. The summed E-state index contributed by atoms with van der Waals surface area (Å²) in [6.45, 7) is 8.73. The molecule has 0 bridgehead atoms. The van der Waals surface area contributed by atoms with E-state index in [1.807, 2.05) is 49.9 Å². The number of carbonyl (C=O) groups excluding carboxylic acids is 1. The van der Waals surface area contributed by atoms with Gasteiger partial charge >= 0.3 is 0 Å². The Balaban J connectivity index is 2.60. The quantitative estimate of drug-likeness (QED) is 0.561. The van der Waals surface area contributed by atoms with Crippen molar-refractivity contribution in [3.05, 3.63) is 29.8 Å². The highest BCUT2D eigenvalue weighted by atomic mass is 16.5. The Morgan fingerprint density at radius 1 is 1.32 bits per heavy atom. The highest BCUT2D eigenvalue weighted by molar-refractivity contribution is 5.78. The number of rotatable bonds is 8. The van der Waals surface area contributed by atoms with Crippen LogP contribution >= 0.6 is 0 Å². The molecule has 1 amide bonds. The molecule has 1 rings (SSSR count). The Kier molecular flexibility index (Phi) is 7.81. The Morgan fingerprint density at radius 3 is 2.68 bits per heavy atom. The molecule has 0 spiro atoms. The molecule has 0 aromatic heterocycles. The van der Waals surface area contributed by atoms with Crippen molar-refractivity contribution in [2.45, 2.75) is 27.3 Å². The van der Waals surface area contributed by atoms with Gasteiger partial charge in [0.1, 0.15) is 5.75 Å². The zero-order valence-corrected chi connectivity index (χ0v) is 13.6. The van der Waals surface area contributed by atoms with Gasteiger partial charge in [-0.05, 0) is 38.5 Å². The summed E-state index contributed by atoms with van der Waals surface area (Å²) in [7, 11) is 0. The van der Waals surface area contributed by atoms with Crippen LogP contribution in [0.25, 0.3) is 0 Å². The van der Waals surface area contributed by atoms with Crippen molar-refractivity contribution in [1.82, 2.24) is 10.2 Å². The monoisotopic (exact) mass is 306 g/mol. The van der Waals surface area contributed by atoms with Crippen LogP contribution in [0.15, 0.2) is 29.3 Å². The van der Waals surface area contributed by atoms with Crippen molar-refractivity contribution >= 4 is 11.9 Å². The van der Waals surface area contributed by atoms with E-state index in [0.29, 0.717) is 24.8 Å². The number of amides is 1. The van der Waals surface area contributed by atoms with Crippen molar-refractivity contribution in [1.29, 1.82) is 0 Å². The number of nitrogens with one attached hydrogen (secondary N) is 1. The predicted molar refractivity (Wildman–Crippen MR) is 88.9 cm³/mol. The van der Waals surface area contributed by atoms with Gasteiger partial charge in [-0.3, -0.25) is 4.79 Å². The summed E-state index contributed by atoms with van der Waals surface area (Å²) in [5.41, 5.74) is 6.94. The van der Waals surface area contributed by atoms with Crippen LogP contribution in [-0.4, -0.2) is 43.0 Å². The van der Waals surface area contributed by atoms with Crippen molar-refractivity contribution in [2.24, 2.45) is 10.7 Å². The first-order valence-corrected chi connectivity index (χ1v) is 7.63. The molecule has 1 aromatic carbocycles. The van der Waals surface area contributed by atoms with E-state index in [9.17, 15) is 4.79 Å². The van der Waals surface area contributed by atoms with Crippen LogP contribution in [0.2, 0.25) is 0 Å². The van der Waals surface area contributed by atoms with Crippen LogP contribution in [0.3, 0.4) is 0 Å². The topological polar surface area (TPSA) is 79.9 Å². The third-order valence-corrected chi connectivity index (χ3v) is 3.15. The summed E-state index contributed by atoms with van der Waals surface area (Å²) in [6.07, 6.45) is 0. The molecule has 0 heterocycles. The van der Waals surface area contributed by atoms with Crippen molar-refractivity contribution in [2.75, 3.05) is 26.2 Å². The van der Waals surface area contributed by atoms with Crippen molar-refractivity contribution in [3.8, 4) is 5.75 Å². The lowest BCUT2D eigenvalue weighted by Crippen LogP contribution is -2.37. The fourth-order valence-corrected chi connectivity index (χ4v) is 1.95. The normalized spacial score (nSPS) is 11.1. The summed E-state index contributed by atoms with van der Waals surface area (Å²) in [5, 5.41) is 2.69. The van der Waals surface area contributed by atoms with E-state index < -0.39 is 0 Å². The lowest BCUT2D eigenvalue weighted by Gasteiger charge is -2.19. The average molecular weight is 306 g/mol. The molecule has 0 radical (unpaired) electrons. The Hall–Kier alpha value is -2.24. The molecule has 0 unspecified atom stereocenters. The summed E-state index contributed by atoms with van der Waals surface area (Å²) >= 11 is 0. The first-order valence-electron chi connectivity index (χ1n) is 7.63. The summed E-state index contributed by atoms with van der Waals surface area (Å²) < 4.78 is 5.46. The predicted octanol–water partition coefficient (Wildman–Crippen LogP) is 1.36. The fourth-order valence-electron chi connectivity index (χ4n) is 1.95. The molecule has 3 N–H and O–H groups in total. The van der Waals surface area contributed by atoms with E-state index in [2.05, 4.69) is 10.3 Å². The highest BCUT2D eigenvalue weighted by Gasteiger charge is 2.04. The van der Waals surface area contributed by atoms with Crippen LogP contribution in [0.1, 0.15) is 26.3 Å². The van der Waals surface area contributed by atoms with Gasteiger partial charge in [0.05, 0.1) is 6.54 Å². The molecule has 1 aromatic rings. The van der Waals surface area contributed by atoms with E-state index in [-0.39, 0.29) is 12.5 Å².